The summed E-state index contributed by atoms with van der Waals surface area (Å²) in [7, 11) is 0. The summed E-state index contributed by atoms with van der Waals surface area (Å²) in [5, 5.41) is 10.2. The SMILES string of the molecule is Cc1ccc2c(c1)[C@H](O)CC(c1ccccc1F)O2. The van der Waals surface area contributed by atoms with E-state index in [-0.39, 0.29) is 5.82 Å². The summed E-state index contributed by atoms with van der Waals surface area (Å²) in [5.74, 6) is 0.341. The van der Waals surface area contributed by atoms with Gasteiger partial charge in [0.15, 0.2) is 0 Å². The molecule has 0 aromatic heterocycles. The molecule has 0 amide bonds. The molecule has 0 saturated heterocycles. The van der Waals surface area contributed by atoms with Crippen molar-refractivity contribution in [3.8, 4) is 5.75 Å². The van der Waals surface area contributed by atoms with Crippen LogP contribution in [-0.4, -0.2) is 5.11 Å². The molecular weight excluding hydrogens is 243 g/mol. The maximum Gasteiger partial charge on any atom is 0.130 e. The van der Waals surface area contributed by atoms with Gasteiger partial charge in [-0.15, -0.1) is 0 Å². The van der Waals surface area contributed by atoms with E-state index in [4.69, 9.17) is 4.74 Å². The third-order valence-corrected chi connectivity index (χ3v) is 3.48. The van der Waals surface area contributed by atoms with Crippen LogP contribution < -0.4 is 4.74 Å². The molecule has 0 aliphatic carbocycles. The molecule has 2 aromatic carbocycles. The molecule has 0 bridgehead atoms. The minimum atomic E-state index is -0.617. The highest BCUT2D eigenvalue weighted by atomic mass is 19.1. The van der Waals surface area contributed by atoms with Gasteiger partial charge in [0, 0.05) is 17.5 Å². The lowest BCUT2D eigenvalue weighted by atomic mass is 9.94. The molecule has 1 aliphatic heterocycles. The van der Waals surface area contributed by atoms with E-state index in [2.05, 4.69) is 0 Å². The zero-order valence-corrected chi connectivity index (χ0v) is 10.6. The van der Waals surface area contributed by atoms with E-state index in [1.165, 1.54) is 6.07 Å². The van der Waals surface area contributed by atoms with Gasteiger partial charge in [-0.1, -0.05) is 29.8 Å². The lowest BCUT2D eigenvalue weighted by molar-refractivity contribution is 0.0639. The molecule has 2 nitrogen and oxygen atoms in total. The lowest BCUT2D eigenvalue weighted by Gasteiger charge is -2.30. The van der Waals surface area contributed by atoms with Crippen molar-refractivity contribution < 1.29 is 14.2 Å². The van der Waals surface area contributed by atoms with Crippen LogP contribution in [0.2, 0.25) is 0 Å². The second-order valence-electron chi connectivity index (χ2n) is 4.92. The van der Waals surface area contributed by atoms with E-state index < -0.39 is 12.2 Å². The number of benzene rings is 2. The average molecular weight is 258 g/mol. The Morgan fingerprint density at radius 3 is 2.74 bits per heavy atom. The third-order valence-electron chi connectivity index (χ3n) is 3.48. The van der Waals surface area contributed by atoms with E-state index in [9.17, 15) is 9.50 Å². The Kier molecular flexibility index (Phi) is 2.99. The molecule has 1 N–H and O–H groups in total. The number of halogens is 1. The first-order valence-corrected chi connectivity index (χ1v) is 6.35. The van der Waals surface area contributed by atoms with Gasteiger partial charge in [0.1, 0.15) is 17.7 Å². The minimum Gasteiger partial charge on any atom is -0.485 e. The molecule has 3 rings (SSSR count). The molecular formula is C16H15FO2. The largest absolute Gasteiger partial charge is 0.485 e. The van der Waals surface area contributed by atoms with Gasteiger partial charge in [-0.2, -0.15) is 0 Å². The molecule has 1 unspecified atom stereocenters. The molecule has 0 radical (unpaired) electrons. The van der Waals surface area contributed by atoms with Gasteiger partial charge in [-0.25, -0.2) is 4.39 Å². The number of aliphatic hydroxyl groups excluding tert-OH is 1. The van der Waals surface area contributed by atoms with E-state index in [0.29, 0.717) is 17.7 Å². The fraction of sp³-hybridized carbons (Fsp3) is 0.250. The lowest BCUT2D eigenvalue weighted by Crippen LogP contribution is -2.20. The summed E-state index contributed by atoms with van der Waals surface area (Å²) in [6, 6.07) is 12.2. The van der Waals surface area contributed by atoms with Crippen molar-refractivity contribution in [3.05, 3.63) is 65.0 Å². The van der Waals surface area contributed by atoms with Crippen LogP contribution in [0.3, 0.4) is 0 Å². The van der Waals surface area contributed by atoms with Crippen molar-refractivity contribution in [2.45, 2.75) is 25.6 Å². The van der Waals surface area contributed by atoms with Crippen LogP contribution in [0.25, 0.3) is 0 Å². The van der Waals surface area contributed by atoms with Gasteiger partial charge in [0.25, 0.3) is 0 Å². The number of fused-ring (bicyclic) bond motifs is 1. The van der Waals surface area contributed by atoms with Crippen LogP contribution in [0.1, 0.15) is 35.3 Å². The monoisotopic (exact) mass is 258 g/mol. The fourth-order valence-corrected chi connectivity index (χ4v) is 2.49. The number of ether oxygens (including phenoxy) is 1. The Labute approximate surface area is 111 Å². The van der Waals surface area contributed by atoms with Crippen LogP contribution in [0.5, 0.6) is 5.75 Å². The highest BCUT2D eigenvalue weighted by Gasteiger charge is 2.29. The Bertz CT molecular complexity index is 609. The van der Waals surface area contributed by atoms with Crippen molar-refractivity contribution in [2.24, 2.45) is 0 Å². The van der Waals surface area contributed by atoms with Gasteiger partial charge in [0.05, 0.1) is 6.10 Å². The first kappa shape index (κ1) is 12.2. The number of hydrogen-bond donors (Lipinski definition) is 1. The maximum absolute atomic E-state index is 13.8. The quantitative estimate of drug-likeness (QED) is 0.845. The van der Waals surface area contributed by atoms with Crippen molar-refractivity contribution in [2.75, 3.05) is 0 Å². The normalized spacial score (nSPS) is 21.6. The highest BCUT2D eigenvalue weighted by Crippen LogP contribution is 2.41. The van der Waals surface area contributed by atoms with E-state index in [1.54, 1.807) is 18.2 Å². The summed E-state index contributed by atoms with van der Waals surface area (Å²) in [6.45, 7) is 1.97. The van der Waals surface area contributed by atoms with Crippen molar-refractivity contribution in [1.29, 1.82) is 0 Å². The second-order valence-corrected chi connectivity index (χ2v) is 4.92. The first-order valence-electron chi connectivity index (χ1n) is 6.35. The first-order chi connectivity index (χ1) is 9.15. The van der Waals surface area contributed by atoms with E-state index in [0.717, 1.165) is 11.1 Å². The standard InChI is InChI=1S/C16H15FO2/c1-10-6-7-15-12(8-10)14(18)9-16(19-15)11-4-2-3-5-13(11)17/h2-8,14,16,18H,9H2,1H3/t14-,16?/m1/s1. The topological polar surface area (TPSA) is 29.5 Å². The zero-order chi connectivity index (χ0) is 13.4. The summed E-state index contributed by atoms with van der Waals surface area (Å²) in [4.78, 5) is 0. The molecule has 1 aliphatic rings. The fourth-order valence-electron chi connectivity index (χ4n) is 2.49. The van der Waals surface area contributed by atoms with Gasteiger partial charge >= 0.3 is 0 Å². The number of hydrogen-bond acceptors (Lipinski definition) is 2. The molecule has 0 spiro atoms. The number of aliphatic hydroxyl groups is 1. The predicted molar refractivity (Wildman–Crippen MR) is 70.5 cm³/mol. The Balaban J connectivity index is 1.97. The van der Waals surface area contributed by atoms with Crippen LogP contribution in [0.4, 0.5) is 4.39 Å². The van der Waals surface area contributed by atoms with Crippen LogP contribution in [0.15, 0.2) is 42.5 Å². The van der Waals surface area contributed by atoms with Crippen LogP contribution >= 0.6 is 0 Å². The molecule has 0 fully saturated rings. The van der Waals surface area contributed by atoms with Crippen molar-refractivity contribution in [1.82, 2.24) is 0 Å². The van der Waals surface area contributed by atoms with Crippen LogP contribution in [0, 0.1) is 12.7 Å². The maximum atomic E-state index is 13.8. The zero-order valence-electron chi connectivity index (χ0n) is 10.6. The molecule has 2 aromatic rings. The molecule has 0 saturated carbocycles. The molecule has 19 heavy (non-hydrogen) atoms. The Morgan fingerprint density at radius 2 is 1.95 bits per heavy atom. The molecule has 98 valence electrons. The number of rotatable bonds is 1. The van der Waals surface area contributed by atoms with Gasteiger partial charge in [-0.05, 0) is 25.1 Å². The molecule has 1 heterocycles. The van der Waals surface area contributed by atoms with Gasteiger partial charge in [-0.3, -0.25) is 0 Å². The third kappa shape index (κ3) is 2.22. The summed E-state index contributed by atoms with van der Waals surface area (Å²) >= 11 is 0. The smallest absolute Gasteiger partial charge is 0.130 e. The van der Waals surface area contributed by atoms with E-state index >= 15 is 0 Å². The summed E-state index contributed by atoms with van der Waals surface area (Å²) in [6.07, 6.45) is -0.683. The minimum absolute atomic E-state index is 0.296. The highest BCUT2D eigenvalue weighted by molar-refractivity contribution is 5.41. The Morgan fingerprint density at radius 1 is 1.16 bits per heavy atom. The van der Waals surface area contributed by atoms with Crippen LogP contribution in [-0.2, 0) is 0 Å². The van der Waals surface area contributed by atoms with E-state index in [1.807, 2.05) is 25.1 Å². The average Bonchev–Trinajstić information content (AvgIpc) is 2.40. The van der Waals surface area contributed by atoms with Gasteiger partial charge in [0.2, 0.25) is 0 Å². The predicted octanol–water partition coefficient (Wildman–Crippen LogP) is 3.69. The second kappa shape index (κ2) is 4.67. The van der Waals surface area contributed by atoms with Crippen molar-refractivity contribution in [3.63, 3.8) is 0 Å². The van der Waals surface area contributed by atoms with Crippen molar-refractivity contribution >= 4 is 0 Å². The Hall–Kier alpha value is -1.87. The van der Waals surface area contributed by atoms with Gasteiger partial charge < -0.3 is 9.84 Å². The molecule has 3 heteroatoms. The molecule has 2 atom stereocenters. The summed E-state index contributed by atoms with van der Waals surface area (Å²) < 4.78 is 19.6. The summed E-state index contributed by atoms with van der Waals surface area (Å²) in [5.41, 5.74) is 2.35. The number of aryl methyl sites for hydroxylation is 1.